The van der Waals surface area contributed by atoms with E-state index >= 15 is 0 Å². The van der Waals surface area contributed by atoms with Gasteiger partial charge < -0.3 is 14.7 Å². The van der Waals surface area contributed by atoms with Crippen molar-refractivity contribution in [3.05, 3.63) is 53.4 Å². The zero-order valence-electron chi connectivity index (χ0n) is 14.4. The molecule has 2 amide bonds. The molecule has 0 spiro atoms. The van der Waals surface area contributed by atoms with Gasteiger partial charge >= 0.3 is 6.03 Å². The molecule has 1 atom stereocenters. The molecule has 0 saturated carbocycles. The molecule has 0 radical (unpaired) electrons. The van der Waals surface area contributed by atoms with Crippen LogP contribution in [0.3, 0.4) is 0 Å². The zero-order chi connectivity index (χ0) is 17.1. The van der Waals surface area contributed by atoms with Gasteiger partial charge in [-0.15, -0.1) is 0 Å². The molecule has 1 N–H and O–H groups in total. The molecule has 1 saturated heterocycles. The summed E-state index contributed by atoms with van der Waals surface area (Å²) >= 11 is 0. The summed E-state index contributed by atoms with van der Waals surface area (Å²) in [6.07, 6.45) is 5.03. The monoisotopic (exact) mass is 340 g/mol. The van der Waals surface area contributed by atoms with Crippen LogP contribution in [-0.2, 0) is 19.4 Å². The van der Waals surface area contributed by atoms with E-state index in [9.17, 15) is 4.79 Å². The molecule has 0 bridgehead atoms. The van der Waals surface area contributed by atoms with Crippen LogP contribution in [0.4, 0.5) is 4.79 Å². The van der Waals surface area contributed by atoms with Crippen LogP contribution in [0.5, 0.6) is 0 Å². The summed E-state index contributed by atoms with van der Waals surface area (Å²) in [6.45, 7) is 3.87. The van der Waals surface area contributed by atoms with Crippen LogP contribution in [-0.4, -0.2) is 53.2 Å². The molecule has 1 unspecified atom stereocenters. The Kier molecular flexibility index (Phi) is 4.70. The minimum Gasteiger partial charge on any atom is -0.364 e. The number of nitrogens with zero attached hydrogens (tertiary/aromatic N) is 3. The second-order valence-electron chi connectivity index (χ2n) is 6.84. The van der Waals surface area contributed by atoms with Gasteiger partial charge in [0.15, 0.2) is 0 Å². The highest BCUT2D eigenvalue weighted by Gasteiger charge is 2.28. The second-order valence-corrected chi connectivity index (χ2v) is 6.84. The van der Waals surface area contributed by atoms with Gasteiger partial charge in [-0.2, -0.15) is 0 Å². The Bertz CT molecular complexity index is 708. The normalized spacial score (nSPS) is 21.0. The Morgan fingerprint density at radius 2 is 1.96 bits per heavy atom. The van der Waals surface area contributed by atoms with Gasteiger partial charge in [-0.25, -0.2) is 4.79 Å². The van der Waals surface area contributed by atoms with E-state index in [1.165, 1.54) is 30.2 Å². The Hall–Kier alpha value is -2.34. The van der Waals surface area contributed by atoms with Crippen molar-refractivity contribution in [2.24, 2.45) is 0 Å². The van der Waals surface area contributed by atoms with Crippen molar-refractivity contribution < 1.29 is 9.32 Å². The fraction of sp³-hybridized carbons (Fsp3) is 0.474. The van der Waals surface area contributed by atoms with Crippen LogP contribution in [0.2, 0.25) is 0 Å². The predicted molar refractivity (Wildman–Crippen MR) is 94.1 cm³/mol. The lowest BCUT2D eigenvalue weighted by molar-refractivity contribution is 0.101. The van der Waals surface area contributed by atoms with Crippen molar-refractivity contribution in [3.8, 4) is 0 Å². The molecular weight excluding hydrogens is 316 g/mol. The number of piperazine rings is 1. The van der Waals surface area contributed by atoms with Crippen molar-refractivity contribution in [3.63, 3.8) is 0 Å². The lowest BCUT2D eigenvalue weighted by Gasteiger charge is -2.41. The first-order valence-electron chi connectivity index (χ1n) is 9.02. The highest BCUT2D eigenvalue weighted by atomic mass is 16.5. The molecule has 2 aliphatic rings. The first-order valence-corrected chi connectivity index (χ1v) is 9.02. The second kappa shape index (κ2) is 7.27. The van der Waals surface area contributed by atoms with Crippen molar-refractivity contribution in [2.45, 2.75) is 31.8 Å². The van der Waals surface area contributed by atoms with E-state index in [0.717, 1.165) is 38.3 Å². The fourth-order valence-corrected chi connectivity index (χ4v) is 3.89. The van der Waals surface area contributed by atoms with Gasteiger partial charge in [0.25, 0.3) is 0 Å². The van der Waals surface area contributed by atoms with E-state index in [2.05, 4.69) is 39.6 Å². The van der Waals surface area contributed by atoms with Crippen LogP contribution in [0.1, 0.15) is 23.2 Å². The van der Waals surface area contributed by atoms with Crippen molar-refractivity contribution >= 4 is 6.03 Å². The number of aromatic nitrogens is 1. The summed E-state index contributed by atoms with van der Waals surface area (Å²) in [5.74, 6) is 0. The predicted octanol–water partition coefficient (Wildman–Crippen LogP) is 2.06. The van der Waals surface area contributed by atoms with Crippen LogP contribution in [0.15, 0.2) is 41.1 Å². The van der Waals surface area contributed by atoms with E-state index in [0.29, 0.717) is 12.6 Å². The van der Waals surface area contributed by atoms with Crippen molar-refractivity contribution in [2.75, 3.05) is 26.2 Å². The number of hydrogen-bond donors (Lipinski definition) is 1. The minimum absolute atomic E-state index is 0.0170. The number of hydrogen-bond acceptors (Lipinski definition) is 4. The molecule has 6 nitrogen and oxygen atoms in total. The van der Waals surface area contributed by atoms with E-state index in [1.807, 2.05) is 4.90 Å². The molecule has 2 heterocycles. The summed E-state index contributed by atoms with van der Waals surface area (Å²) in [4.78, 5) is 16.7. The van der Waals surface area contributed by atoms with E-state index < -0.39 is 0 Å². The van der Waals surface area contributed by atoms with Crippen molar-refractivity contribution in [1.82, 2.24) is 20.3 Å². The van der Waals surface area contributed by atoms with Gasteiger partial charge in [-0.1, -0.05) is 29.4 Å². The number of rotatable bonds is 3. The largest absolute Gasteiger partial charge is 0.364 e. The lowest BCUT2D eigenvalue weighted by atomic mass is 9.87. The molecule has 2 aromatic rings. The van der Waals surface area contributed by atoms with Gasteiger partial charge in [0.05, 0.1) is 6.54 Å². The number of carbonyl (C=O) groups is 1. The first-order chi connectivity index (χ1) is 12.3. The molecule has 1 aliphatic carbocycles. The summed E-state index contributed by atoms with van der Waals surface area (Å²) in [7, 11) is 0. The van der Waals surface area contributed by atoms with Crippen LogP contribution >= 0.6 is 0 Å². The van der Waals surface area contributed by atoms with E-state index in [4.69, 9.17) is 4.52 Å². The zero-order valence-corrected chi connectivity index (χ0v) is 14.4. The number of benzene rings is 1. The third-order valence-corrected chi connectivity index (χ3v) is 5.35. The highest BCUT2D eigenvalue weighted by Crippen LogP contribution is 2.25. The summed E-state index contributed by atoms with van der Waals surface area (Å²) < 4.78 is 4.78. The van der Waals surface area contributed by atoms with E-state index in [-0.39, 0.29) is 6.03 Å². The number of urea groups is 1. The molecule has 6 heteroatoms. The molecule has 1 fully saturated rings. The molecule has 4 rings (SSSR count). The Labute approximate surface area is 147 Å². The molecule has 1 aromatic heterocycles. The maximum absolute atomic E-state index is 12.3. The average Bonchev–Trinajstić information content (AvgIpc) is 3.19. The Balaban J connectivity index is 1.26. The maximum Gasteiger partial charge on any atom is 0.317 e. The number of amides is 2. The molecule has 1 aromatic carbocycles. The topological polar surface area (TPSA) is 61.6 Å². The van der Waals surface area contributed by atoms with E-state index in [1.54, 1.807) is 6.07 Å². The van der Waals surface area contributed by atoms with Gasteiger partial charge in [-0.05, 0) is 30.4 Å². The van der Waals surface area contributed by atoms with Crippen LogP contribution in [0, 0.1) is 0 Å². The third-order valence-electron chi connectivity index (χ3n) is 5.35. The van der Waals surface area contributed by atoms with Crippen LogP contribution < -0.4 is 5.32 Å². The Morgan fingerprint density at radius 3 is 2.72 bits per heavy atom. The summed E-state index contributed by atoms with van der Waals surface area (Å²) in [6, 6.07) is 11.1. The number of fused-ring (bicyclic) bond motifs is 1. The van der Waals surface area contributed by atoms with Crippen molar-refractivity contribution in [1.29, 1.82) is 0 Å². The third kappa shape index (κ3) is 3.69. The van der Waals surface area contributed by atoms with Gasteiger partial charge in [0.1, 0.15) is 12.0 Å². The van der Waals surface area contributed by atoms with Gasteiger partial charge in [0, 0.05) is 38.3 Å². The molecule has 1 aliphatic heterocycles. The number of carbonyl (C=O) groups excluding carboxylic acids is 1. The molecule has 132 valence electrons. The van der Waals surface area contributed by atoms with Crippen LogP contribution in [0.25, 0.3) is 0 Å². The number of aryl methyl sites for hydroxylation is 1. The lowest BCUT2D eigenvalue weighted by Crippen LogP contribution is -2.55. The van der Waals surface area contributed by atoms with Gasteiger partial charge in [0.2, 0.25) is 0 Å². The summed E-state index contributed by atoms with van der Waals surface area (Å²) in [5, 5.41) is 6.72. The first kappa shape index (κ1) is 16.1. The highest BCUT2D eigenvalue weighted by molar-refractivity contribution is 5.74. The summed E-state index contributed by atoms with van der Waals surface area (Å²) in [5.41, 5.74) is 3.74. The fourth-order valence-electron chi connectivity index (χ4n) is 3.89. The maximum atomic E-state index is 12.3. The quantitative estimate of drug-likeness (QED) is 0.929. The minimum atomic E-state index is -0.0170. The Morgan fingerprint density at radius 1 is 1.16 bits per heavy atom. The number of nitrogens with one attached hydrogen (secondary N) is 1. The standard InChI is InChI=1S/C19H24N4O2/c24-19(20-14-17-7-12-25-21-17)23-10-8-22(9-11-23)18-6-5-15-3-1-2-4-16(15)13-18/h1-4,7,12,18H,5-6,8-11,13-14H2,(H,20,24). The molecular formula is C19H24N4O2. The average molecular weight is 340 g/mol. The molecule has 25 heavy (non-hydrogen) atoms. The SMILES string of the molecule is O=C(NCc1ccon1)N1CCN(C2CCc3ccccc3C2)CC1. The van der Waals surface area contributed by atoms with Gasteiger partial charge in [-0.3, -0.25) is 4.90 Å². The smallest absolute Gasteiger partial charge is 0.317 e.